The lowest BCUT2D eigenvalue weighted by atomic mass is 10.1. The number of nitrogens with two attached hydrogens (primary N) is 1. The summed E-state index contributed by atoms with van der Waals surface area (Å²) in [6.45, 7) is 4.69. The summed E-state index contributed by atoms with van der Waals surface area (Å²) < 4.78 is 2.65. The molecule has 7 heteroatoms. The zero-order valence-electron chi connectivity index (χ0n) is 12.1. The number of nitrogens with one attached hydrogen (secondary N) is 1. The van der Waals surface area contributed by atoms with Crippen molar-refractivity contribution >= 4 is 27.7 Å². The molecule has 3 N–H and O–H groups in total. The number of H-pyrrole nitrogens is 1. The molecule has 2 rings (SSSR count). The zero-order valence-corrected chi connectivity index (χ0v) is 14.5. The molecule has 21 heavy (non-hydrogen) atoms. The summed E-state index contributed by atoms with van der Waals surface area (Å²) in [6, 6.07) is 6.30. The number of hydrogen-bond donors (Lipinski definition) is 2. The first-order valence-corrected chi connectivity index (χ1v) is 8.49. The van der Waals surface area contributed by atoms with Gasteiger partial charge in [0.1, 0.15) is 0 Å². The van der Waals surface area contributed by atoms with Crippen LogP contribution in [-0.4, -0.2) is 20.8 Å². The van der Waals surface area contributed by atoms with Crippen LogP contribution in [-0.2, 0) is 13.0 Å². The van der Waals surface area contributed by atoms with Gasteiger partial charge in [-0.15, -0.1) is 5.10 Å². The zero-order chi connectivity index (χ0) is 15.4. The molecule has 5 nitrogen and oxygen atoms in total. The first-order chi connectivity index (χ1) is 10.0. The van der Waals surface area contributed by atoms with E-state index in [1.54, 1.807) is 4.57 Å². The molecule has 1 atom stereocenters. The second kappa shape index (κ2) is 7.29. The van der Waals surface area contributed by atoms with Crippen LogP contribution in [0, 0.1) is 0 Å². The first kappa shape index (κ1) is 16.3. The quantitative estimate of drug-likeness (QED) is 0.819. The summed E-state index contributed by atoms with van der Waals surface area (Å²) >= 11 is 5.05. The fraction of sp³-hybridized carbons (Fsp3) is 0.429. The summed E-state index contributed by atoms with van der Waals surface area (Å²) in [5, 5.41) is 7.28. The van der Waals surface area contributed by atoms with Gasteiger partial charge in [-0.05, 0) is 65.2 Å². The van der Waals surface area contributed by atoms with E-state index >= 15 is 0 Å². The predicted octanol–water partition coefficient (Wildman–Crippen LogP) is 2.78. The fourth-order valence-corrected chi connectivity index (χ4v) is 3.56. The van der Waals surface area contributed by atoms with Gasteiger partial charge in [-0.25, -0.2) is 9.89 Å². The Morgan fingerprint density at radius 3 is 2.90 bits per heavy atom. The molecule has 0 aliphatic rings. The van der Waals surface area contributed by atoms with Crippen LogP contribution >= 0.6 is 27.7 Å². The molecule has 0 spiro atoms. The summed E-state index contributed by atoms with van der Waals surface area (Å²) in [5.74, 6) is 0. The lowest BCUT2D eigenvalue weighted by molar-refractivity contribution is 0.604. The van der Waals surface area contributed by atoms with E-state index in [2.05, 4.69) is 38.3 Å². The summed E-state index contributed by atoms with van der Waals surface area (Å²) in [5.41, 5.74) is 6.85. The van der Waals surface area contributed by atoms with Gasteiger partial charge in [-0.2, -0.15) is 0 Å². The van der Waals surface area contributed by atoms with Crippen LogP contribution in [0.3, 0.4) is 0 Å². The van der Waals surface area contributed by atoms with Crippen molar-refractivity contribution in [2.45, 2.75) is 49.3 Å². The Labute approximate surface area is 136 Å². The Balaban J connectivity index is 2.22. The van der Waals surface area contributed by atoms with Crippen molar-refractivity contribution in [3.8, 4) is 0 Å². The van der Waals surface area contributed by atoms with Crippen molar-refractivity contribution in [1.29, 1.82) is 0 Å². The van der Waals surface area contributed by atoms with Crippen molar-refractivity contribution < 1.29 is 0 Å². The lowest BCUT2D eigenvalue weighted by Crippen LogP contribution is -2.17. The highest BCUT2D eigenvalue weighted by Gasteiger charge is 2.12. The summed E-state index contributed by atoms with van der Waals surface area (Å²) in [4.78, 5) is 12.7. The Morgan fingerprint density at radius 2 is 2.29 bits per heavy atom. The van der Waals surface area contributed by atoms with Gasteiger partial charge in [-0.3, -0.25) is 4.57 Å². The minimum atomic E-state index is -0.163. The van der Waals surface area contributed by atoms with Crippen LogP contribution in [0.1, 0.15) is 25.8 Å². The van der Waals surface area contributed by atoms with Crippen LogP contribution in [0.15, 0.2) is 37.5 Å². The van der Waals surface area contributed by atoms with Gasteiger partial charge < -0.3 is 5.73 Å². The smallest absolute Gasteiger partial charge is 0.328 e. The Bertz CT molecular complexity index is 665. The molecule has 0 aliphatic heterocycles. The van der Waals surface area contributed by atoms with Crippen LogP contribution in [0.4, 0.5) is 0 Å². The van der Waals surface area contributed by atoms with E-state index in [4.69, 9.17) is 5.73 Å². The van der Waals surface area contributed by atoms with Gasteiger partial charge in [0.05, 0.1) is 0 Å². The van der Waals surface area contributed by atoms with Gasteiger partial charge in [-0.1, -0.05) is 13.0 Å². The predicted molar refractivity (Wildman–Crippen MR) is 88.8 cm³/mol. The van der Waals surface area contributed by atoms with Gasteiger partial charge in [0.2, 0.25) is 0 Å². The second-order valence-corrected chi connectivity index (χ2v) is 6.87. The van der Waals surface area contributed by atoms with Crippen LogP contribution in [0.25, 0.3) is 0 Å². The maximum Gasteiger partial charge on any atom is 0.343 e. The highest BCUT2D eigenvalue weighted by atomic mass is 79.9. The summed E-state index contributed by atoms with van der Waals surface area (Å²) in [7, 11) is 0. The van der Waals surface area contributed by atoms with Crippen molar-refractivity contribution in [2.75, 3.05) is 0 Å². The second-order valence-electron chi connectivity index (χ2n) is 5.01. The van der Waals surface area contributed by atoms with Gasteiger partial charge in [0, 0.05) is 22.0 Å². The molecular formula is C14H19BrN4OS. The monoisotopic (exact) mass is 370 g/mol. The van der Waals surface area contributed by atoms with E-state index in [0.29, 0.717) is 11.7 Å². The SMILES string of the molecule is CCCn1c(Sc2ccc(CC(C)N)cc2Br)n[nH]c1=O. The van der Waals surface area contributed by atoms with E-state index in [0.717, 1.165) is 22.2 Å². The molecule has 0 saturated heterocycles. The first-order valence-electron chi connectivity index (χ1n) is 6.88. The topological polar surface area (TPSA) is 76.7 Å². The molecule has 1 aromatic heterocycles. The Morgan fingerprint density at radius 1 is 1.52 bits per heavy atom. The molecule has 0 amide bonds. The molecule has 0 fully saturated rings. The largest absolute Gasteiger partial charge is 0.343 e. The van der Waals surface area contributed by atoms with Gasteiger partial charge >= 0.3 is 5.69 Å². The normalized spacial score (nSPS) is 12.6. The maximum absolute atomic E-state index is 11.7. The Hall–Kier alpha value is -1.05. The number of hydrogen-bond acceptors (Lipinski definition) is 4. The Kier molecular flexibility index (Phi) is 5.66. The third kappa shape index (κ3) is 4.21. The van der Waals surface area contributed by atoms with Crippen molar-refractivity contribution in [2.24, 2.45) is 5.73 Å². The number of aromatic amines is 1. The standard InChI is InChI=1S/C14H19BrN4OS/c1-3-6-19-13(20)17-18-14(19)21-12-5-4-10(7-9(2)16)8-11(12)15/h4-5,8-9H,3,6-7,16H2,1-2H3,(H,17,20). The van der Waals surface area contributed by atoms with Crippen molar-refractivity contribution in [3.05, 3.63) is 38.7 Å². The lowest BCUT2D eigenvalue weighted by Gasteiger charge is -2.09. The molecule has 1 unspecified atom stereocenters. The number of benzene rings is 1. The van der Waals surface area contributed by atoms with E-state index in [9.17, 15) is 4.79 Å². The third-order valence-corrected chi connectivity index (χ3v) is 4.91. The molecule has 0 radical (unpaired) electrons. The fourth-order valence-electron chi connectivity index (χ4n) is 2.03. The van der Waals surface area contributed by atoms with Crippen LogP contribution in [0.2, 0.25) is 0 Å². The number of halogens is 1. The highest BCUT2D eigenvalue weighted by Crippen LogP contribution is 2.32. The van der Waals surface area contributed by atoms with Gasteiger partial charge in [0.15, 0.2) is 5.16 Å². The molecule has 114 valence electrons. The average molecular weight is 371 g/mol. The van der Waals surface area contributed by atoms with Crippen molar-refractivity contribution in [3.63, 3.8) is 0 Å². The molecular weight excluding hydrogens is 352 g/mol. The molecule has 0 aliphatic carbocycles. The van der Waals surface area contributed by atoms with Crippen LogP contribution in [0.5, 0.6) is 0 Å². The third-order valence-electron chi connectivity index (χ3n) is 2.93. The molecule has 1 aromatic carbocycles. The van der Waals surface area contributed by atoms with Crippen LogP contribution < -0.4 is 11.4 Å². The molecule has 0 bridgehead atoms. The minimum absolute atomic E-state index is 0.136. The van der Waals surface area contributed by atoms with E-state index in [1.807, 2.05) is 19.9 Å². The number of nitrogens with zero attached hydrogens (tertiary/aromatic N) is 2. The summed E-state index contributed by atoms with van der Waals surface area (Å²) in [6.07, 6.45) is 1.73. The molecule has 0 saturated carbocycles. The van der Waals surface area contributed by atoms with Gasteiger partial charge in [0.25, 0.3) is 0 Å². The molecule has 2 aromatic rings. The highest BCUT2D eigenvalue weighted by molar-refractivity contribution is 9.10. The van der Waals surface area contributed by atoms with Crippen molar-refractivity contribution in [1.82, 2.24) is 14.8 Å². The van der Waals surface area contributed by atoms with E-state index in [-0.39, 0.29) is 11.7 Å². The average Bonchev–Trinajstić information content (AvgIpc) is 2.74. The number of aromatic nitrogens is 3. The van der Waals surface area contributed by atoms with E-state index in [1.165, 1.54) is 17.3 Å². The minimum Gasteiger partial charge on any atom is -0.328 e. The maximum atomic E-state index is 11.7. The number of rotatable bonds is 6. The van der Waals surface area contributed by atoms with E-state index < -0.39 is 0 Å². The molecule has 1 heterocycles.